The van der Waals surface area contributed by atoms with Crippen molar-refractivity contribution in [2.24, 2.45) is 17.7 Å². The first-order valence-corrected chi connectivity index (χ1v) is 7.61. The van der Waals surface area contributed by atoms with Gasteiger partial charge in [0.2, 0.25) is 5.95 Å². The number of anilines is 2. The van der Waals surface area contributed by atoms with Gasteiger partial charge in [0.15, 0.2) is 5.65 Å². The van der Waals surface area contributed by atoms with Crippen molar-refractivity contribution in [2.45, 2.75) is 33.1 Å². The summed E-state index contributed by atoms with van der Waals surface area (Å²) in [6.45, 7) is 6.67. The zero-order chi connectivity index (χ0) is 14.8. The van der Waals surface area contributed by atoms with Gasteiger partial charge in [-0.15, -0.1) is 0 Å². The molecule has 1 fully saturated rings. The quantitative estimate of drug-likeness (QED) is 0.590. The van der Waals surface area contributed by atoms with Crippen LogP contribution >= 0.6 is 0 Å². The fourth-order valence-corrected chi connectivity index (χ4v) is 3.13. The molecule has 0 saturated carbocycles. The van der Waals surface area contributed by atoms with Crippen molar-refractivity contribution >= 4 is 22.8 Å². The molecule has 21 heavy (non-hydrogen) atoms. The van der Waals surface area contributed by atoms with Crippen LogP contribution in [0, 0.1) is 11.8 Å². The molecule has 0 aromatic carbocycles. The molecule has 1 atom stereocenters. The largest absolute Gasteiger partial charge is 0.356 e. The summed E-state index contributed by atoms with van der Waals surface area (Å²) in [6, 6.07) is 0. The van der Waals surface area contributed by atoms with Crippen LogP contribution in [-0.2, 0) is 0 Å². The second kappa shape index (κ2) is 5.85. The molecule has 7 heteroatoms. The van der Waals surface area contributed by atoms with E-state index in [4.69, 9.17) is 5.84 Å². The molecule has 0 aliphatic carbocycles. The molecule has 1 saturated heterocycles. The van der Waals surface area contributed by atoms with Gasteiger partial charge in [-0.3, -0.25) is 10.5 Å². The Balaban J connectivity index is 1.90. The van der Waals surface area contributed by atoms with Crippen LogP contribution in [0.25, 0.3) is 11.0 Å². The van der Waals surface area contributed by atoms with Gasteiger partial charge in [-0.2, -0.15) is 15.1 Å². The second-order valence-corrected chi connectivity index (χ2v) is 6.07. The highest BCUT2D eigenvalue weighted by molar-refractivity contribution is 5.87. The van der Waals surface area contributed by atoms with Crippen LogP contribution in [0.4, 0.5) is 11.8 Å². The van der Waals surface area contributed by atoms with E-state index >= 15 is 0 Å². The van der Waals surface area contributed by atoms with Crippen LogP contribution in [0.1, 0.15) is 33.1 Å². The number of nitrogens with zero attached hydrogens (tertiary/aromatic N) is 4. The number of fused-ring (bicyclic) bond motifs is 1. The zero-order valence-electron chi connectivity index (χ0n) is 12.6. The molecule has 0 radical (unpaired) electrons. The van der Waals surface area contributed by atoms with Crippen molar-refractivity contribution in [2.75, 3.05) is 23.4 Å². The van der Waals surface area contributed by atoms with E-state index in [9.17, 15) is 0 Å². The molecule has 0 spiro atoms. The standard InChI is InChI=1S/C14H23N7/c1-9(2)10-4-3-6-21(7-5-10)13-11-8-16-20-12(11)17-14(18-13)19-15/h8-10H,3-7,15H2,1-2H3,(H2,16,17,18,19,20). The van der Waals surface area contributed by atoms with Gasteiger partial charge in [-0.1, -0.05) is 13.8 Å². The number of hydrogen-bond donors (Lipinski definition) is 3. The Kier molecular flexibility index (Phi) is 3.92. The van der Waals surface area contributed by atoms with Crippen LogP contribution in [0.5, 0.6) is 0 Å². The van der Waals surface area contributed by atoms with Gasteiger partial charge in [-0.05, 0) is 31.1 Å². The number of hydrogen-bond acceptors (Lipinski definition) is 6. The summed E-state index contributed by atoms with van der Waals surface area (Å²) in [5.41, 5.74) is 3.25. The van der Waals surface area contributed by atoms with Crippen molar-refractivity contribution < 1.29 is 0 Å². The minimum Gasteiger partial charge on any atom is -0.356 e. The average Bonchev–Trinajstić information content (AvgIpc) is 2.81. The van der Waals surface area contributed by atoms with Crippen molar-refractivity contribution in [3.8, 4) is 0 Å². The number of hydrazine groups is 1. The Morgan fingerprint density at radius 3 is 2.95 bits per heavy atom. The second-order valence-electron chi connectivity index (χ2n) is 6.07. The van der Waals surface area contributed by atoms with Crippen molar-refractivity contribution in [3.05, 3.63) is 6.20 Å². The molecule has 4 N–H and O–H groups in total. The third-order valence-corrected chi connectivity index (χ3v) is 4.43. The summed E-state index contributed by atoms with van der Waals surface area (Å²) >= 11 is 0. The number of H-pyrrole nitrogens is 1. The number of aromatic nitrogens is 4. The van der Waals surface area contributed by atoms with Gasteiger partial charge < -0.3 is 4.90 Å². The van der Waals surface area contributed by atoms with Crippen LogP contribution in [0.2, 0.25) is 0 Å². The number of nitrogen functional groups attached to an aromatic ring is 1. The Morgan fingerprint density at radius 2 is 2.19 bits per heavy atom. The lowest BCUT2D eigenvalue weighted by atomic mass is 9.89. The molecule has 1 aliphatic rings. The first-order valence-electron chi connectivity index (χ1n) is 7.61. The van der Waals surface area contributed by atoms with E-state index in [0.717, 1.165) is 41.8 Å². The van der Waals surface area contributed by atoms with Crippen molar-refractivity contribution in [1.82, 2.24) is 20.2 Å². The van der Waals surface area contributed by atoms with E-state index in [2.05, 4.69) is 44.3 Å². The monoisotopic (exact) mass is 289 g/mol. The maximum atomic E-state index is 5.47. The van der Waals surface area contributed by atoms with Crippen LogP contribution < -0.4 is 16.2 Å². The van der Waals surface area contributed by atoms with Gasteiger partial charge in [0.25, 0.3) is 0 Å². The molecule has 3 rings (SSSR count). The maximum Gasteiger partial charge on any atom is 0.241 e. The van der Waals surface area contributed by atoms with E-state index in [1.54, 1.807) is 6.20 Å². The van der Waals surface area contributed by atoms with Crippen LogP contribution in [-0.4, -0.2) is 33.3 Å². The topological polar surface area (TPSA) is 95.8 Å². The predicted octanol–water partition coefficient (Wildman–Crippen LogP) is 1.90. The summed E-state index contributed by atoms with van der Waals surface area (Å²) < 4.78 is 0. The van der Waals surface area contributed by atoms with Gasteiger partial charge in [-0.25, -0.2) is 5.84 Å². The fraction of sp³-hybridized carbons (Fsp3) is 0.643. The number of rotatable bonds is 3. The van der Waals surface area contributed by atoms with Crippen LogP contribution in [0.3, 0.4) is 0 Å². The molecule has 2 aromatic heterocycles. The molecule has 7 nitrogen and oxygen atoms in total. The van der Waals surface area contributed by atoms with Gasteiger partial charge in [0.05, 0.1) is 11.6 Å². The number of aromatic amines is 1. The van der Waals surface area contributed by atoms with Gasteiger partial charge in [0.1, 0.15) is 5.82 Å². The summed E-state index contributed by atoms with van der Waals surface area (Å²) in [5.74, 6) is 8.35. The van der Waals surface area contributed by atoms with E-state index in [0.29, 0.717) is 5.95 Å². The summed E-state index contributed by atoms with van der Waals surface area (Å²) in [7, 11) is 0. The minimum absolute atomic E-state index is 0.423. The molecule has 3 heterocycles. The minimum atomic E-state index is 0.423. The fourth-order valence-electron chi connectivity index (χ4n) is 3.13. The normalized spacial score (nSPS) is 20.0. The Labute approximate surface area is 124 Å². The SMILES string of the molecule is CC(C)C1CCCN(c2nc(NN)nc3[nH]ncc23)CC1. The highest BCUT2D eigenvalue weighted by atomic mass is 15.3. The molecular formula is C14H23N7. The third-order valence-electron chi connectivity index (χ3n) is 4.43. The summed E-state index contributed by atoms with van der Waals surface area (Å²) in [4.78, 5) is 11.2. The Hall–Kier alpha value is -1.89. The zero-order valence-corrected chi connectivity index (χ0v) is 12.6. The van der Waals surface area contributed by atoms with E-state index in [1.165, 1.54) is 19.3 Å². The van der Waals surface area contributed by atoms with Crippen LogP contribution in [0.15, 0.2) is 6.20 Å². The molecule has 0 bridgehead atoms. The van der Waals surface area contributed by atoms with Crippen molar-refractivity contribution in [1.29, 1.82) is 0 Å². The lowest BCUT2D eigenvalue weighted by molar-refractivity contribution is 0.351. The number of nitrogens with two attached hydrogens (primary N) is 1. The first-order chi connectivity index (χ1) is 10.2. The molecule has 1 aliphatic heterocycles. The summed E-state index contributed by atoms with van der Waals surface area (Å²) in [5, 5.41) is 7.92. The molecular weight excluding hydrogens is 266 g/mol. The van der Waals surface area contributed by atoms with E-state index in [-0.39, 0.29) is 0 Å². The molecule has 1 unspecified atom stereocenters. The first kappa shape index (κ1) is 14.1. The maximum absolute atomic E-state index is 5.47. The van der Waals surface area contributed by atoms with Crippen molar-refractivity contribution in [3.63, 3.8) is 0 Å². The lowest BCUT2D eigenvalue weighted by Gasteiger charge is -2.23. The highest BCUT2D eigenvalue weighted by Gasteiger charge is 2.22. The Bertz CT molecular complexity index is 606. The van der Waals surface area contributed by atoms with Gasteiger partial charge in [0, 0.05) is 13.1 Å². The number of nitrogens with one attached hydrogen (secondary N) is 2. The predicted molar refractivity (Wildman–Crippen MR) is 83.9 cm³/mol. The summed E-state index contributed by atoms with van der Waals surface area (Å²) in [6.07, 6.45) is 5.47. The highest BCUT2D eigenvalue weighted by Crippen LogP contribution is 2.29. The molecule has 2 aromatic rings. The lowest BCUT2D eigenvalue weighted by Crippen LogP contribution is -2.26. The smallest absolute Gasteiger partial charge is 0.241 e. The molecule has 0 amide bonds. The van der Waals surface area contributed by atoms with Gasteiger partial charge >= 0.3 is 0 Å². The molecule has 114 valence electrons. The van der Waals surface area contributed by atoms with E-state index < -0.39 is 0 Å². The average molecular weight is 289 g/mol. The Morgan fingerprint density at radius 1 is 1.33 bits per heavy atom. The van der Waals surface area contributed by atoms with E-state index in [1.807, 2.05) is 0 Å². The third kappa shape index (κ3) is 2.78.